The Labute approximate surface area is 156 Å². The van der Waals surface area contributed by atoms with E-state index in [-0.39, 0.29) is 5.56 Å². The lowest BCUT2D eigenvalue weighted by Crippen LogP contribution is -2.24. The molecule has 0 aliphatic carbocycles. The minimum Gasteiger partial charge on any atom is -0.292 e. The topological polar surface area (TPSA) is 34.9 Å². The summed E-state index contributed by atoms with van der Waals surface area (Å²) in [6.45, 7) is 0.568. The number of para-hydroxylation sites is 1. The van der Waals surface area contributed by atoms with Crippen LogP contribution in [-0.4, -0.2) is 9.55 Å². The number of aryl methyl sites for hydroxylation is 1. The van der Waals surface area contributed by atoms with Crippen molar-refractivity contribution in [3.05, 3.63) is 99.8 Å². The first-order valence-electron chi connectivity index (χ1n) is 8.52. The van der Waals surface area contributed by atoms with E-state index in [0.717, 1.165) is 12.0 Å². The van der Waals surface area contributed by atoms with Gasteiger partial charge in [-0.2, -0.15) is 0 Å². The van der Waals surface area contributed by atoms with Crippen LogP contribution >= 0.6 is 11.6 Å². The maximum Gasteiger partial charge on any atom is 0.261 e. The molecule has 0 aliphatic heterocycles. The molecule has 0 N–H and O–H groups in total. The molecule has 0 aliphatic rings. The van der Waals surface area contributed by atoms with Crippen molar-refractivity contribution >= 4 is 22.5 Å². The van der Waals surface area contributed by atoms with E-state index in [4.69, 9.17) is 16.6 Å². The molecule has 0 spiro atoms. The number of rotatable bonds is 4. The quantitative estimate of drug-likeness (QED) is 0.515. The normalized spacial score (nSPS) is 11.0. The number of fused-ring (bicyclic) bond motifs is 1. The summed E-state index contributed by atoms with van der Waals surface area (Å²) in [6, 6.07) is 25.1. The molecule has 3 aromatic carbocycles. The van der Waals surface area contributed by atoms with Crippen LogP contribution in [0.15, 0.2) is 83.7 Å². The van der Waals surface area contributed by atoms with Crippen molar-refractivity contribution < 1.29 is 0 Å². The summed E-state index contributed by atoms with van der Waals surface area (Å²) in [4.78, 5) is 17.9. The molecule has 0 radical (unpaired) electrons. The Hall–Kier alpha value is -2.91. The van der Waals surface area contributed by atoms with Gasteiger partial charge in [0.1, 0.15) is 5.82 Å². The van der Waals surface area contributed by atoms with Crippen LogP contribution in [0.5, 0.6) is 0 Å². The van der Waals surface area contributed by atoms with E-state index in [1.165, 1.54) is 5.56 Å². The standard InChI is InChI=1S/C22H17ClN2O/c23-18-12-10-17(11-13-18)21-24-20-9-5-4-8-19(20)22(26)25(21)15-14-16-6-2-1-3-7-16/h1-13H,14-15H2. The Kier molecular flexibility index (Phi) is 4.55. The van der Waals surface area contributed by atoms with Gasteiger partial charge in [0.25, 0.3) is 5.56 Å². The van der Waals surface area contributed by atoms with Crippen molar-refractivity contribution in [1.82, 2.24) is 9.55 Å². The van der Waals surface area contributed by atoms with Gasteiger partial charge in [-0.25, -0.2) is 4.98 Å². The number of aromatic nitrogens is 2. The molecule has 1 heterocycles. The van der Waals surface area contributed by atoms with E-state index in [0.29, 0.717) is 28.3 Å². The van der Waals surface area contributed by atoms with Crippen LogP contribution in [0, 0.1) is 0 Å². The third kappa shape index (κ3) is 3.26. The van der Waals surface area contributed by atoms with Crippen LogP contribution in [0.2, 0.25) is 5.02 Å². The van der Waals surface area contributed by atoms with Gasteiger partial charge in [-0.15, -0.1) is 0 Å². The van der Waals surface area contributed by atoms with E-state index >= 15 is 0 Å². The van der Waals surface area contributed by atoms with Crippen LogP contribution in [-0.2, 0) is 13.0 Å². The van der Waals surface area contributed by atoms with Crippen molar-refractivity contribution in [1.29, 1.82) is 0 Å². The Morgan fingerprint density at radius 1 is 0.846 bits per heavy atom. The molecule has 4 heteroatoms. The molecule has 0 amide bonds. The summed E-state index contributed by atoms with van der Waals surface area (Å²) in [5, 5.41) is 1.30. The number of hydrogen-bond donors (Lipinski definition) is 0. The average molecular weight is 361 g/mol. The van der Waals surface area contributed by atoms with E-state index in [9.17, 15) is 4.79 Å². The zero-order valence-electron chi connectivity index (χ0n) is 14.1. The zero-order chi connectivity index (χ0) is 17.9. The molecule has 1 aromatic heterocycles. The van der Waals surface area contributed by atoms with E-state index in [1.807, 2.05) is 66.7 Å². The fraction of sp³-hybridized carbons (Fsp3) is 0.0909. The van der Waals surface area contributed by atoms with E-state index < -0.39 is 0 Å². The Morgan fingerprint density at radius 3 is 2.31 bits per heavy atom. The molecule has 4 aromatic rings. The minimum atomic E-state index is -0.0171. The average Bonchev–Trinajstić information content (AvgIpc) is 2.69. The van der Waals surface area contributed by atoms with Crippen LogP contribution in [0.3, 0.4) is 0 Å². The second-order valence-electron chi connectivity index (χ2n) is 6.15. The van der Waals surface area contributed by atoms with Gasteiger partial charge in [0.15, 0.2) is 0 Å². The van der Waals surface area contributed by atoms with Gasteiger partial charge in [-0.1, -0.05) is 54.1 Å². The number of nitrogens with zero attached hydrogens (tertiary/aromatic N) is 2. The first kappa shape index (κ1) is 16.6. The molecule has 26 heavy (non-hydrogen) atoms. The highest BCUT2D eigenvalue weighted by Gasteiger charge is 2.12. The van der Waals surface area contributed by atoms with Gasteiger partial charge in [0.2, 0.25) is 0 Å². The maximum absolute atomic E-state index is 13.1. The van der Waals surface area contributed by atoms with Gasteiger partial charge >= 0.3 is 0 Å². The zero-order valence-corrected chi connectivity index (χ0v) is 14.9. The van der Waals surface area contributed by atoms with Crippen LogP contribution < -0.4 is 5.56 Å². The molecule has 3 nitrogen and oxygen atoms in total. The van der Waals surface area contributed by atoms with E-state index in [1.54, 1.807) is 4.57 Å². The summed E-state index contributed by atoms with van der Waals surface area (Å²) >= 11 is 6.02. The second-order valence-corrected chi connectivity index (χ2v) is 6.59. The molecule has 0 bridgehead atoms. The van der Waals surface area contributed by atoms with E-state index in [2.05, 4.69) is 12.1 Å². The van der Waals surface area contributed by atoms with Crippen molar-refractivity contribution in [2.75, 3.05) is 0 Å². The maximum atomic E-state index is 13.1. The molecule has 0 fully saturated rings. The highest BCUT2D eigenvalue weighted by molar-refractivity contribution is 6.30. The second kappa shape index (κ2) is 7.14. The first-order chi connectivity index (χ1) is 12.7. The van der Waals surface area contributed by atoms with Crippen LogP contribution in [0.4, 0.5) is 0 Å². The summed E-state index contributed by atoms with van der Waals surface area (Å²) in [7, 11) is 0. The monoisotopic (exact) mass is 360 g/mol. The lowest BCUT2D eigenvalue weighted by molar-refractivity contribution is 0.671. The third-order valence-electron chi connectivity index (χ3n) is 4.43. The van der Waals surface area contributed by atoms with Gasteiger partial charge in [0.05, 0.1) is 10.9 Å². The van der Waals surface area contributed by atoms with Gasteiger partial charge in [-0.3, -0.25) is 9.36 Å². The van der Waals surface area contributed by atoms with Crippen molar-refractivity contribution in [2.45, 2.75) is 13.0 Å². The minimum absolute atomic E-state index is 0.0171. The predicted molar refractivity (Wildman–Crippen MR) is 107 cm³/mol. The van der Waals surface area contributed by atoms with Gasteiger partial charge in [-0.05, 0) is 48.4 Å². The van der Waals surface area contributed by atoms with Crippen LogP contribution in [0.1, 0.15) is 5.56 Å². The highest BCUT2D eigenvalue weighted by atomic mass is 35.5. The summed E-state index contributed by atoms with van der Waals surface area (Å²) in [5.41, 5.74) is 2.76. The van der Waals surface area contributed by atoms with Gasteiger partial charge < -0.3 is 0 Å². The van der Waals surface area contributed by atoms with Crippen molar-refractivity contribution in [2.24, 2.45) is 0 Å². The van der Waals surface area contributed by atoms with Crippen LogP contribution in [0.25, 0.3) is 22.3 Å². The lowest BCUT2D eigenvalue weighted by atomic mass is 10.1. The molecule has 0 saturated heterocycles. The predicted octanol–water partition coefficient (Wildman–Crippen LogP) is 4.96. The SMILES string of the molecule is O=c1c2ccccc2nc(-c2ccc(Cl)cc2)n1CCc1ccccc1. The Morgan fingerprint density at radius 2 is 1.54 bits per heavy atom. The Bertz CT molecular complexity index is 1100. The molecular weight excluding hydrogens is 344 g/mol. The molecule has 128 valence electrons. The van der Waals surface area contributed by atoms with Crippen molar-refractivity contribution in [3.63, 3.8) is 0 Å². The highest BCUT2D eigenvalue weighted by Crippen LogP contribution is 2.21. The summed E-state index contributed by atoms with van der Waals surface area (Å²) < 4.78 is 1.76. The lowest BCUT2D eigenvalue weighted by Gasteiger charge is -2.14. The molecular formula is C22H17ClN2O. The summed E-state index contributed by atoms with van der Waals surface area (Å²) in [6.07, 6.45) is 0.765. The largest absolute Gasteiger partial charge is 0.292 e. The number of hydrogen-bond acceptors (Lipinski definition) is 2. The molecule has 0 saturated carbocycles. The number of halogens is 1. The molecule has 0 unspecified atom stereocenters. The van der Waals surface area contributed by atoms with Crippen molar-refractivity contribution in [3.8, 4) is 11.4 Å². The first-order valence-corrected chi connectivity index (χ1v) is 8.89. The molecule has 4 rings (SSSR count). The number of benzene rings is 3. The Balaban J connectivity index is 1.85. The smallest absolute Gasteiger partial charge is 0.261 e. The fourth-order valence-corrected chi connectivity index (χ4v) is 3.21. The summed E-state index contributed by atoms with van der Waals surface area (Å²) in [5.74, 6) is 0.668. The van der Waals surface area contributed by atoms with Gasteiger partial charge in [0, 0.05) is 17.1 Å². The third-order valence-corrected chi connectivity index (χ3v) is 4.68. The molecule has 0 atom stereocenters. The fourth-order valence-electron chi connectivity index (χ4n) is 3.08.